The van der Waals surface area contributed by atoms with Gasteiger partial charge in [-0.15, -0.1) is 0 Å². The van der Waals surface area contributed by atoms with Crippen molar-refractivity contribution in [2.45, 2.75) is 39.8 Å². The lowest BCUT2D eigenvalue weighted by molar-refractivity contribution is 0.568. The van der Waals surface area contributed by atoms with Crippen molar-refractivity contribution in [3.8, 4) is 0 Å². The molecular weight excluding hydrogens is 286 g/mol. The number of hydrogen-bond donors (Lipinski definition) is 1. The molecule has 0 aliphatic rings. The minimum absolute atomic E-state index is 0.112. The zero-order chi connectivity index (χ0) is 15.0. The summed E-state index contributed by atoms with van der Waals surface area (Å²) in [4.78, 5) is 9.02. The number of anilines is 1. The van der Waals surface area contributed by atoms with Gasteiger partial charge in [-0.3, -0.25) is 0 Å². The third-order valence-electron chi connectivity index (χ3n) is 3.51. The minimum Gasteiger partial charge on any atom is -0.351 e. The van der Waals surface area contributed by atoms with Crippen molar-refractivity contribution in [3.63, 3.8) is 0 Å². The van der Waals surface area contributed by atoms with Crippen molar-refractivity contribution in [1.29, 1.82) is 0 Å². The highest BCUT2D eigenvalue weighted by Crippen LogP contribution is 2.31. The minimum atomic E-state index is 0.112. The number of rotatable bonds is 5. The van der Waals surface area contributed by atoms with Gasteiger partial charge in [-0.1, -0.05) is 18.3 Å². The van der Waals surface area contributed by atoms with Crippen LogP contribution in [0.3, 0.4) is 0 Å². The van der Waals surface area contributed by atoms with E-state index in [-0.39, 0.29) is 6.04 Å². The van der Waals surface area contributed by atoms with E-state index in [1.54, 1.807) is 17.7 Å². The molecule has 0 aliphatic carbocycles. The molecule has 0 aromatic carbocycles. The third-order valence-corrected chi connectivity index (χ3v) is 4.59. The van der Waals surface area contributed by atoms with E-state index in [4.69, 9.17) is 0 Å². The largest absolute Gasteiger partial charge is 0.351 e. The predicted octanol–water partition coefficient (Wildman–Crippen LogP) is 2.51. The molecule has 8 heteroatoms. The zero-order valence-electron chi connectivity index (χ0n) is 12.7. The predicted molar refractivity (Wildman–Crippen MR) is 83.5 cm³/mol. The van der Waals surface area contributed by atoms with E-state index in [0.29, 0.717) is 0 Å². The molecule has 0 amide bonds. The molecule has 3 aromatic heterocycles. The van der Waals surface area contributed by atoms with E-state index < -0.39 is 0 Å². The summed E-state index contributed by atoms with van der Waals surface area (Å²) in [6, 6.07) is 0.112. The molecule has 0 radical (unpaired) electrons. The molecule has 1 N–H and O–H groups in total. The number of thiazole rings is 1. The lowest BCUT2D eigenvalue weighted by Crippen LogP contribution is -2.16. The molecule has 3 aromatic rings. The van der Waals surface area contributed by atoms with Gasteiger partial charge in [0.05, 0.1) is 16.4 Å². The van der Waals surface area contributed by atoms with Crippen molar-refractivity contribution in [2.24, 2.45) is 7.05 Å². The second-order valence-corrected chi connectivity index (χ2v) is 5.92. The number of nitrogens with zero attached hydrogens (tertiary/aromatic N) is 6. The van der Waals surface area contributed by atoms with Gasteiger partial charge in [0.1, 0.15) is 12.2 Å². The first-order chi connectivity index (χ1) is 10.1. The van der Waals surface area contributed by atoms with Crippen LogP contribution in [0, 0.1) is 6.92 Å². The van der Waals surface area contributed by atoms with E-state index in [0.717, 1.165) is 40.0 Å². The van der Waals surface area contributed by atoms with Gasteiger partial charge in [0, 0.05) is 13.6 Å². The highest BCUT2D eigenvalue weighted by molar-refractivity contribution is 7.22. The van der Waals surface area contributed by atoms with Crippen LogP contribution in [0.4, 0.5) is 5.13 Å². The normalized spacial score (nSPS) is 13.0. The molecule has 112 valence electrons. The molecule has 3 rings (SSSR count). The van der Waals surface area contributed by atoms with E-state index in [1.165, 1.54) is 0 Å². The SMILES string of the molecule is CCC(Nc1nc2c(s1)c(C)nn2C)c1ncnn1CC. The summed E-state index contributed by atoms with van der Waals surface area (Å²) in [5, 5.41) is 13.0. The number of nitrogens with one attached hydrogen (secondary N) is 1. The smallest absolute Gasteiger partial charge is 0.186 e. The lowest BCUT2D eigenvalue weighted by Gasteiger charge is -2.15. The van der Waals surface area contributed by atoms with Gasteiger partial charge < -0.3 is 5.32 Å². The molecule has 0 spiro atoms. The Morgan fingerprint density at radius 1 is 1.38 bits per heavy atom. The van der Waals surface area contributed by atoms with E-state index in [2.05, 4.69) is 39.3 Å². The Labute approximate surface area is 127 Å². The van der Waals surface area contributed by atoms with Gasteiger partial charge in [-0.25, -0.2) is 19.3 Å². The average molecular weight is 305 g/mol. The molecule has 0 bridgehead atoms. The zero-order valence-corrected chi connectivity index (χ0v) is 13.5. The van der Waals surface area contributed by atoms with Crippen LogP contribution in [-0.2, 0) is 13.6 Å². The molecule has 1 atom stereocenters. The fraction of sp³-hybridized carbons (Fsp3) is 0.538. The summed E-state index contributed by atoms with van der Waals surface area (Å²) >= 11 is 1.64. The van der Waals surface area contributed by atoms with Crippen LogP contribution in [0.5, 0.6) is 0 Å². The first-order valence-electron chi connectivity index (χ1n) is 7.08. The second kappa shape index (κ2) is 5.44. The van der Waals surface area contributed by atoms with E-state index in [9.17, 15) is 0 Å². The molecule has 21 heavy (non-hydrogen) atoms. The standard InChI is InChI=1S/C13H19N7S/c1-5-9(11-14-7-15-20(11)6-2)16-13-17-12-10(21-13)8(3)18-19(12)4/h7,9H,5-6H2,1-4H3,(H,16,17). The average Bonchev–Trinajstić information content (AvgIpc) is 3.15. The molecular formula is C13H19N7S. The Bertz CT molecular complexity index is 719. The maximum atomic E-state index is 4.64. The number of fused-ring (bicyclic) bond motifs is 1. The van der Waals surface area contributed by atoms with Gasteiger partial charge in [-0.2, -0.15) is 10.2 Å². The lowest BCUT2D eigenvalue weighted by atomic mass is 10.2. The molecule has 1 unspecified atom stereocenters. The van der Waals surface area contributed by atoms with E-state index >= 15 is 0 Å². The Hall–Kier alpha value is -1.96. The van der Waals surface area contributed by atoms with Crippen LogP contribution in [0.1, 0.15) is 37.8 Å². The Morgan fingerprint density at radius 2 is 2.19 bits per heavy atom. The Kier molecular flexibility index (Phi) is 3.62. The maximum absolute atomic E-state index is 4.64. The first kappa shape index (κ1) is 14.0. The van der Waals surface area contributed by atoms with Crippen molar-refractivity contribution in [1.82, 2.24) is 29.5 Å². The second-order valence-electron chi connectivity index (χ2n) is 4.92. The molecule has 3 heterocycles. The Morgan fingerprint density at radius 3 is 2.86 bits per heavy atom. The monoisotopic (exact) mass is 305 g/mol. The summed E-state index contributed by atoms with van der Waals surface area (Å²) in [6.07, 6.45) is 2.53. The molecule has 0 fully saturated rings. The number of aryl methyl sites for hydroxylation is 3. The summed E-state index contributed by atoms with van der Waals surface area (Å²) in [7, 11) is 1.92. The molecule has 7 nitrogen and oxygen atoms in total. The first-order valence-corrected chi connectivity index (χ1v) is 7.90. The molecule has 0 saturated heterocycles. The quantitative estimate of drug-likeness (QED) is 0.784. The van der Waals surface area contributed by atoms with Crippen molar-refractivity contribution < 1.29 is 0 Å². The van der Waals surface area contributed by atoms with Gasteiger partial charge in [0.2, 0.25) is 0 Å². The van der Waals surface area contributed by atoms with Crippen LogP contribution < -0.4 is 5.32 Å². The van der Waals surface area contributed by atoms with Crippen LogP contribution in [0.25, 0.3) is 10.3 Å². The fourth-order valence-electron chi connectivity index (χ4n) is 2.43. The van der Waals surface area contributed by atoms with Crippen molar-refractivity contribution in [3.05, 3.63) is 17.8 Å². The fourth-order valence-corrected chi connectivity index (χ4v) is 3.42. The van der Waals surface area contributed by atoms with Gasteiger partial charge in [-0.05, 0) is 20.3 Å². The van der Waals surface area contributed by atoms with Crippen molar-refractivity contribution >= 4 is 26.8 Å². The van der Waals surface area contributed by atoms with Crippen LogP contribution in [0.2, 0.25) is 0 Å². The summed E-state index contributed by atoms with van der Waals surface area (Å²) in [5.41, 5.74) is 1.94. The molecule has 0 saturated carbocycles. The summed E-state index contributed by atoms with van der Waals surface area (Å²) in [6.45, 7) is 7.02. The third kappa shape index (κ3) is 2.39. The number of hydrogen-bond acceptors (Lipinski definition) is 6. The van der Waals surface area contributed by atoms with Gasteiger partial charge >= 0.3 is 0 Å². The van der Waals surface area contributed by atoms with Crippen molar-refractivity contribution in [2.75, 3.05) is 5.32 Å². The highest BCUT2D eigenvalue weighted by Gasteiger charge is 2.19. The molecule has 0 aliphatic heterocycles. The maximum Gasteiger partial charge on any atom is 0.186 e. The van der Waals surface area contributed by atoms with Gasteiger partial charge in [0.25, 0.3) is 0 Å². The summed E-state index contributed by atoms with van der Waals surface area (Å²) < 4.78 is 4.87. The Balaban J connectivity index is 1.90. The van der Waals surface area contributed by atoms with Gasteiger partial charge in [0.15, 0.2) is 10.8 Å². The number of aromatic nitrogens is 6. The van der Waals surface area contributed by atoms with Crippen LogP contribution in [-0.4, -0.2) is 29.5 Å². The van der Waals surface area contributed by atoms with Crippen LogP contribution in [0.15, 0.2) is 6.33 Å². The summed E-state index contributed by atoms with van der Waals surface area (Å²) in [5.74, 6) is 0.953. The highest BCUT2D eigenvalue weighted by atomic mass is 32.1. The topological polar surface area (TPSA) is 73.5 Å². The van der Waals surface area contributed by atoms with E-state index in [1.807, 2.05) is 23.3 Å². The van der Waals surface area contributed by atoms with Crippen LogP contribution >= 0.6 is 11.3 Å².